The molecule has 0 bridgehead atoms. The Morgan fingerprint density at radius 2 is 2.38 bits per heavy atom. The summed E-state index contributed by atoms with van der Waals surface area (Å²) in [5, 5.41) is 0. The van der Waals surface area contributed by atoms with Crippen molar-refractivity contribution in [2.45, 2.75) is 0 Å². The number of nitrogens with zero attached hydrogens (tertiary/aromatic N) is 1. The van der Waals surface area contributed by atoms with E-state index >= 15 is 0 Å². The summed E-state index contributed by atoms with van der Waals surface area (Å²) in [5.74, 6) is -0.398. The van der Waals surface area contributed by atoms with E-state index in [0.717, 1.165) is 0 Å². The molecule has 5 heteroatoms. The van der Waals surface area contributed by atoms with Crippen molar-refractivity contribution in [2.24, 2.45) is 5.73 Å². The zero-order valence-corrected chi connectivity index (χ0v) is 8.26. The number of carbonyl (C=O) groups is 1. The van der Waals surface area contributed by atoms with Gasteiger partial charge in [-0.25, -0.2) is 0 Å². The molecule has 0 atom stereocenters. The maximum atomic E-state index is 9.86. The normalized spacial score (nSPS) is 7.62. The van der Waals surface area contributed by atoms with E-state index < -0.39 is 5.91 Å². The molecule has 1 amide bonds. The van der Waals surface area contributed by atoms with Crippen molar-refractivity contribution in [3.63, 3.8) is 0 Å². The van der Waals surface area contributed by atoms with Gasteiger partial charge in [-0.1, -0.05) is 0 Å². The van der Waals surface area contributed by atoms with E-state index in [1.807, 2.05) is 0 Å². The molecular weight excluding hydrogens is 133 g/mol. The van der Waals surface area contributed by atoms with E-state index in [2.05, 4.69) is 10.9 Å². The second kappa shape index (κ2) is 8.03. The minimum Gasteiger partial charge on any atom is -0.600 e. The molecule has 0 unspecified atom stereocenters. The van der Waals surface area contributed by atoms with Crippen LogP contribution < -0.4 is 62.5 Å². The fraction of sp³-hybridized carbons (Fsp3) is 0.667. The largest absolute Gasteiger partial charge is 1.00 e. The number of hydrogen-bond acceptors (Lipinski definition) is 2. The topological polar surface area (TPSA) is 69.2 Å². The van der Waals surface area contributed by atoms with Gasteiger partial charge in [0.2, 0.25) is 5.91 Å². The van der Waals surface area contributed by atoms with Crippen molar-refractivity contribution in [1.82, 2.24) is 5.43 Å². The first-order valence-corrected chi connectivity index (χ1v) is 1.87. The SMILES string of the molecule is C[N-]NCC(N)=O.[K+]. The standard InChI is InChI=1S/C3H8N3O.K/c1-5-6-2-3(4)7;/h6H,2H2,1H3,(H2,4,7);/q-1;+1. The van der Waals surface area contributed by atoms with Crippen LogP contribution in [0.5, 0.6) is 0 Å². The molecule has 0 spiro atoms. The molecule has 0 radical (unpaired) electrons. The number of nitrogens with one attached hydrogen (secondary N) is 1. The van der Waals surface area contributed by atoms with Gasteiger partial charge in [-0.2, -0.15) is 7.05 Å². The quantitative estimate of drug-likeness (QED) is 0.310. The Morgan fingerprint density at radius 3 is 2.50 bits per heavy atom. The zero-order valence-electron chi connectivity index (χ0n) is 5.14. The first-order chi connectivity index (χ1) is 3.27. The Labute approximate surface area is 91.0 Å². The summed E-state index contributed by atoms with van der Waals surface area (Å²) >= 11 is 0. The Bertz CT molecular complexity index is 67.5. The second-order valence-electron chi connectivity index (χ2n) is 1.02. The van der Waals surface area contributed by atoms with E-state index in [-0.39, 0.29) is 57.9 Å². The van der Waals surface area contributed by atoms with Crippen LogP contribution in [0.1, 0.15) is 0 Å². The van der Waals surface area contributed by atoms with Crippen LogP contribution in [0.2, 0.25) is 0 Å². The molecule has 0 aliphatic heterocycles. The Morgan fingerprint density at radius 1 is 1.88 bits per heavy atom. The van der Waals surface area contributed by atoms with E-state index in [9.17, 15) is 4.79 Å². The molecule has 4 nitrogen and oxygen atoms in total. The van der Waals surface area contributed by atoms with Gasteiger partial charge in [-0.05, 0) is 0 Å². The monoisotopic (exact) mass is 141 g/mol. The molecule has 0 saturated heterocycles. The molecule has 0 aromatic heterocycles. The van der Waals surface area contributed by atoms with Crippen LogP contribution in [0.15, 0.2) is 0 Å². The van der Waals surface area contributed by atoms with Crippen LogP contribution in [0.25, 0.3) is 5.43 Å². The second-order valence-corrected chi connectivity index (χ2v) is 1.02. The van der Waals surface area contributed by atoms with Crippen molar-refractivity contribution < 1.29 is 56.2 Å². The van der Waals surface area contributed by atoms with Crippen LogP contribution in [0, 0.1) is 0 Å². The third kappa shape index (κ3) is 10.1. The van der Waals surface area contributed by atoms with Crippen molar-refractivity contribution in [1.29, 1.82) is 0 Å². The maximum Gasteiger partial charge on any atom is 1.00 e. The third-order valence-electron chi connectivity index (χ3n) is 0.411. The van der Waals surface area contributed by atoms with Crippen molar-refractivity contribution in [2.75, 3.05) is 13.6 Å². The van der Waals surface area contributed by atoms with Crippen LogP contribution in [0.4, 0.5) is 0 Å². The molecule has 3 N–H and O–H groups in total. The minimum absolute atomic E-state index is 0. The number of carbonyl (C=O) groups excluding carboxylic acids is 1. The predicted octanol–water partition coefficient (Wildman–Crippen LogP) is -4.02. The van der Waals surface area contributed by atoms with Crippen molar-refractivity contribution in [3.8, 4) is 0 Å². The van der Waals surface area contributed by atoms with Gasteiger partial charge < -0.3 is 16.6 Å². The molecule has 8 heavy (non-hydrogen) atoms. The first-order valence-electron chi connectivity index (χ1n) is 1.87. The molecular formula is C3H8KN3O. The van der Waals surface area contributed by atoms with Gasteiger partial charge in [0.05, 0.1) is 6.54 Å². The number of primary amides is 1. The average Bonchev–Trinajstić information content (AvgIpc) is 1.61. The van der Waals surface area contributed by atoms with Crippen molar-refractivity contribution >= 4 is 5.91 Å². The summed E-state index contributed by atoms with van der Waals surface area (Å²) in [5.41, 5.74) is 10.5. The summed E-state index contributed by atoms with van der Waals surface area (Å²) in [6.07, 6.45) is 0. The molecule has 0 heterocycles. The number of rotatable bonds is 3. The predicted molar refractivity (Wildman–Crippen MR) is 26.5 cm³/mol. The molecule has 0 aromatic rings. The van der Waals surface area contributed by atoms with Gasteiger partial charge in [-0.15, -0.1) is 0 Å². The molecule has 0 rings (SSSR count). The summed E-state index contributed by atoms with van der Waals surface area (Å²) in [6.45, 7) is 0.122. The van der Waals surface area contributed by atoms with Crippen LogP contribution >= 0.6 is 0 Å². The molecule has 0 fully saturated rings. The zero-order chi connectivity index (χ0) is 5.70. The molecule has 0 aromatic carbocycles. The van der Waals surface area contributed by atoms with E-state index in [4.69, 9.17) is 5.73 Å². The van der Waals surface area contributed by atoms with Gasteiger partial charge in [0.15, 0.2) is 0 Å². The van der Waals surface area contributed by atoms with E-state index in [1.54, 1.807) is 7.05 Å². The van der Waals surface area contributed by atoms with Crippen molar-refractivity contribution in [3.05, 3.63) is 5.43 Å². The van der Waals surface area contributed by atoms with Crippen LogP contribution in [0.3, 0.4) is 0 Å². The smallest absolute Gasteiger partial charge is 0.600 e. The Hall–Kier alpha value is 1.03. The fourth-order valence-electron chi connectivity index (χ4n) is 0.157. The third-order valence-corrected chi connectivity index (χ3v) is 0.411. The van der Waals surface area contributed by atoms with Gasteiger partial charge in [0, 0.05) is 0 Å². The van der Waals surface area contributed by atoms with Gasteiger partial charge in [0.25, 0.3) is 0 Å². The Kier molecular flexibility index (Phi) is 11.8. The summed E-state index contributed by atoms with van der Waals surface area (Å²) in [6, 6.07) is 0. The molecule has 42 valence electrons. The van der Waals surface area contributed by atoms with Gasteiger partial charge in [-0.3, -0.25) is 4.79 Å². The number of amides is 1. The van der Waals surface area contributed by atoms with E-state index in [1.165, 1.54) is 0 Å². The summed E-state index contributed by atoms with van der Waals surface area (Å²) < 4.78 is 0. The van der Waals surface area contributed by atoms with E-state index in [0.29, 0.717) is 0 Å². The Balaban J connectivity index is 0. The van der Waals surface area contributed by atoms with Crippen LogP contribution in [-0.2, 0) is 4.79 Å². The molecule has 0 aliphatic carbocycles. The molecule has 0 aliphatic rings. The molecule has 0 saturated carbocycles. The van der Waals surface area contributed by atoms with Crippen LogP contribution in [-0.4, -0.2) is 19.5 Å². The maximum absolute atomic E-state index is 9.86. The number of hydrogen-bond donors (Lipinski definition) is 2. The first kappa shape index (κ1) is 11.8. The minimum atomic E-state index is -0.398. The fourth-order valence-corrected chi connectivity index (χ4v) is 0.157. The average molecular weight is 141 g/mol. The van der Waals surface area contributed by atoms with Gasteiger partial charge in [0.1, 0.15) is 0 Å². The summed E-state index contributed by atoms with van der Waals surface area (Å²) in [7, 11) is 1.54. The number of nitrogens with two attached hydrogens (primary N) is 1. The summed E-state index contributed by atoms with van der Waals surface area (Å²) in [4.78, 5) is 9.86. The van der Waals surface area contributed by atoms with Gasteiger partial charge >= 0.3 is 51.4 Å².